The highest BCUT2D eigenvalue weighted by Gasteiger charge is 2.34. The van der Waals surface area contributed by atoms with E-state index in [1.165, 1.54) is 5.70 Å². The van der Waals surface area contributed by atoms with Crippen LogP contribution in [0.2, 0.25) is 0 Å². The van der Waals surface area contributed by atoms with Gasteiger partial charge in [0.15, 0.2) is 0 Å². The van der Waals surface area contributed by atoms with Crippen LogP contribution in [0.25, 0.3) is 0 Å². The number of piperidine rings is 1. The molecule has 1 saturated heterocycles. The van der Waals surface area contributed by atoms with Crippen molar-refractivity contribution in [1.29, 1.82) is 0 Å². The maximum absolute atomic E-state index is 14.4. The highest BCUT2D eigenvalue weighted by atomic mass is 32.1. The molecule has 0 aliphatic carbocycles. The minimum atomic E-state index is -0.957. The quantitative estimate of drug-likeness (QED) is 0.724. The summed E-state index contributed by atoms with van der Waals surface area (Å²) in [5.74, 6) is 0.784. The van der Waals surface area contributed by atoms with Gasteiger partial charge in [-0.15, -0.1) is 0 Å². The summed E-state index contributed by atoms with van der Waals surface area (Å²) in [4.78, 5) is 2.27. The maximum atomic E-state index is 14.4. The summed E-state index contributed by atoms with van der Waals surface area (Å²) in [6.07, 6.45) is 3.81. The predicted molar refractivity (Wildman–Crippen MR) is 80.9 cm³/mol. The Morgan fingerprint density at radius 2 is 1.89 bits per heavy atom. The van der Waals surface area contributed by atoms with Gasteiger partial charge in [-0.1, -0.05) is 27.4 Å². The van der Waals surface area contributed by atoms with Crippen molar-refractivity contribution in [2.45, 2.75) is 58.5 Å². The van der Waals surface area contributed by atoms with E-state index in [4.69, 9.17) is 0 Å². The summed E-state index contributed by atoms with van der Waals surface area (Å²) < 4.78 is 14.4. The second-order valence-corrected chi connectivity index (χ2v) is 7.22. The summed E-state index contributed by atoms with van der Waals surface area (Å²) in [5, 5.41) is 0. The Kier molecular flexibility index (Phi) is 5.57. The van der Waals surface area contributed by atoms with Crippen molar-refractivity contribution < 1.29 is 4.39 Å². The first kappa shape index (κ1) is 15.9. The molecule has 0 bridgehead atoms. The van der Waals surface area contributed by atoms with Crippen molar-refractivity contribution in [3.8, 4) is 0 Å². The summed E-state index contributed by atoms with van der Waals surface area (Å²) in [6.45, 7) is 12.4. The zero-order valence-corrected chi connectivity index (χ0v) is 13.0. The van der Waals surface area contributed by atoms with Gasteiger partial charge in [-0.2, -0.15) is 12.6 Å². The topological polar surface area (TPSA) is 3.24 Å². The molecule has 1 aliphatic rings. The van der Waals surface area contributed by atoms with E-state index in [1.54, 1.807) is 0 Å². The van der Waals surface area contributed by atoms with Crippen LogP contribution in [-0.2, 0) is 0 Å². The van der Waals surface area contributed by atoms with Crippen LogP contribution in [0.1, 0.15) is 52.9 Å². The lowest BCUT2D eigenvalue weighted by molar-refractivity contribution is 0.0608. The summed E-state index contributed by atoms with van der Waals surface area (Å²) in [7, 11) is 0. The number of halogens is 1. The largest absolute Gasteiger partial charge is 0.375 e. The van der Waals surface area contributed by atoms with Gasteiger partial charge in [-0.3, -0.25) is 0 Å². The van der Waals surface area contributed by atoms with Crippen molar-refractivity contribution in [3.63, 3.8) is 0 Å². The smallest absolute Gasteiger partial charge is 0.114 e. The monoisotopic (exact) mass is 273 g/mol. The molecule has 18 heavy (non-hydrogen) atoms. The highest BCUT2D eigenvalue weighted by Crippen LogP contribution is 2.34. The van der Waals surface area contributed by atoms with Crippen LogP contribution in [0.4, 0.5) is 4.39 Å². The summed E-state index contributed by atoms with van der Waals surface area (Å²) in [6, 6.07) is 0. The molecule has 0 N–H and O–H groups in total. The van der Waals surface area contributed by atoms with Crippen LogP contribution < -0.4 is 0 Å². The average molecular weight is 273 g/mol. The van der Waals surface area contributed by atoms with E-state index in [2.05, 4.69) is 44.9 Å². The maximum Gasteiger partial charge on any atom is 0.114 e. The fourth-order valence-corrected chi connectivity index (χ4v) is 2.75. The second kappa shape index (κ2) is 6.31. The molecule has 1 fully saturated rings. The van der Waals surface area contributed by atoms with Gasteiger partial charge in [0.1, 0.15) is 5.67 Å². The molecule has 1 aliphatic heterocycles. The SMILES string of the molecule is C=C(CC(C)(C)C)N1CCC(F)(CCCS)CC1. The van der Waals surface area contributed by atoms with Gasteiger partial charge in [0, 0.05) is 18.8 Å². The normalized spacial score (nSPS) is 19.9. The van der Waals surface area contributed by atoms with Crippen molar-refractivity contribution in [2.24, 2.45) is 5.41 Å². The molecule has 0 aromatic carbocycles. The van der Waals surface area contributed by atoms with Crippen molar-refractivity contribution in [3.05, 3.63) is 12.3 Å². The molecule has 0 unspecified atom stereocenters. The molecule has 3 heteroatoms. The van der Waals surface area contributed by atoms with Crippen LogP contribution in [-0.4, -0.2) is 29.4 Å². The number of nitrogens with zero attached hydrogens (tertiary/aromatic N) is 1. The standard InChI is InChI=1S/C15H28FNS/c1-13(12-14(2,3)4)17-9-7-15(16,8-10-17)6-5-11-18/h18H,1,5-12H2,2-4H3. The molecule has 0 radical (unpaired) electrons. The minimum absolute atomic E-state index is 0.257. The fourth-order valence-electron chi connectivity index (χ4n) is 2.59. The Labute approximate surface area is 117 Å². The van der Waals surface area contributed by atoms with Gasteiger partial charge in [-0.25, -0.2) is 4.39 Å². The van der Waals surface area contributed by atoms with E-state index >= 15 is 0 Å². The highest BCUT2D eigenvalue weighted by molar-refractivity contribution is 7.80. The first-order valence-electron chi connectivity index (χ1n) is 6.98. The third kappa shape index (κ3) is 5.21. The molecule has 0 spiro atoms. The zero-order chi connectivity index (χ0) is 13.8. The lowest BCUT2D eigenvalue weighted by atomic mass is 9.86. The first-order valence-corrected chi connectivity index (χ1v) is 7.62. The van der Waals surface area contributed by atoms with Crippen molar-refractivity contribution >= 4 is 12.6 Å². The Morgan fingerprint density at radius 1 is 1.33 bits per heavy atom. The van der Waals surface area contributed by atoms with Crippen molar-refractivity contribution in [2.75, 3.05) is 18.8 Å². The molecule has 0 amide bonds. The second-order valence-electron chi connectivity index (χ2n) is 6.77. The number of alkyl halides is 1. The van der Waals surface area contributed by atoms with Gasteiger partial charge >= 0.3 is 0 Å². The first-order chi connectivity index (χ1) is 8.26. The Balaban J connectivity index is 2.41. The van der Waals surface area contributed by atoms with Crippen LogP contribution in [0.5, 0.6) is 0 Å². The number of likely N-dealkylation sites (tertiary alicyclic amines) is 1. The average Bonchev–Trinajstić information content (AvgIpc) is 2.25. The van der Waals surface area contributed by atoms with E-state index in [1.807, 2.05) is 0 Å². The lowest BCUT2D eigenvalue weighted by Crippen LogP contribution is -2.41. The zero-order valence-electron chi connectivity index (χ0n) is 12.1. The van der Waals surface area contributed by atoms with Gasteiger partial charge in [0.25, 0.3) is 0 Å². The molecule has 0 saturated carbocycles. The summed E-state index contributed by atoms with van der Waals surface area (Å²) >= 11 is 4.16. The fraction of sp³-hybridized carbons (Fsp3) is 0.867. The molecule has 0 atom stereocenters. The molecule has 0 aromatic rings. The Hall–Kier alpha value is -0.180. The van der Waals surface area contributed by atoms with E-state index in [0.717, 1.165) is 31.7 Å². The molecule has 1 heterocycles. The molecule has 106 valence electrons. The van der Waals surface area contributed by atoms with Gasteiger partial charge in [0.05, 0.1) is 0 Å². The minimum Gasteiger partial charge on any atom is -0.375 e. The third-order valence-electron chi connectivity index (χ3n) is 3.62. The molecule has 0 aromatic heterocycles. The number of thiol groups is 1. The van der Waals surface area contributed by atoms with Crippen LogP contribution in [0.15, 0.2) is 12.3 Å². The Morgan fingerprint density at radius 3 is 2.33 bits per heavy atom. The lowest BCUT2D eigenvalue weighted by Gasteiger charge is -2.39. The van der Waals surface area contributed by atoms with Gasteiger partial charge < -0.3 is 4.90 Å². The third-order valence-corrected chi connectivity index (χ3v) is 3.94. The number of allylic oxidation sites excluding steroid dienone is 1. The van der Waals surface area contributed by atoms with Crippen molar-refractivity contribution in [1.82, 2.24) is 4.90 Å². The van der Waals surface area contributed by atoms with Gasteiger partial charge in [0.2, 0.25) is 0 Å². The molecule has 1 rings (SSSR count). The van der Waals surface area contributed by atoms with E-state index in [9.17, 15) is 4.39 Å². The van der Waals surface area contributed by atoms with Crippen LogP contribution >= 0.6 is 12.6 Å². The predicted octanol–water partition coefficient (Wildman–Crippen LogP) is 4.45. The Bertz CT molecular complexity index is 275. The molecular formula is C15H28FNS. The van der Waals surface area contributed by atoms with Crippen LogP contribution in [0, 0.1) is 5.41 Å². The number of hydrogen-bond acceptors (Lipinski definition) is 2. The number of hydrogen-bond donors (Lipinski definition) is 1. The van der Waals surface area contributed by atoms with E-state index < -0.39 is 5.67 Å². The summed E-state index contributed by atoms with van der Waals surface area (Å²) in [5.41, 5.74) is 0.466. The van der Waals surface area contributed by atoms with E-state index in [0.29, 0.717) is 19.3 Å². The molecular weight excluding hydrogens is 245 g/mol. The molecule has 1 nitrogen and oxygen atoms in total. The van der Waals surface area contributed by atoms with Crippen LogP contribution in [0.3, 0.4) is 0 Å². The number of rotatable bonds is 5. The van der Waals surface area contributed by atoms with Gasteiger partial charge in [-0.05, 0) is 43.3 Å². The van der Waals surface area contributed by atoms with E-state index in [-0.39, 0.29) is 5.41 Å².